The van der Waals surface area contributed by atoms with Crippen LogP contribution in [-0.4, -0.2) is 84.8 Å². The number of piperazine rings is 1. The Morgan fingerprint density at radius 3 is 2.24 bits per heavy atom. The van der Waals surface area contributed by atoms with Crippen LogP contribution in [0.5, 0.6) is 0 Å². The van der Waals surface area contributed by atoms with Crippen LogP contribution in [0.4, 0.5) is 4.79 Å². The number of carbonyl (C=O) groups excluding carboxylic acids is 1. The van der Waals surface area contributed by atoms with Gasteiger partial charge >= 0.3 is 6.03 Å². The number of carbonyl (C=O) groups is 1. The molecule has 1 aromatic heterocycles. The molecule has 7 heteroatoms. The van der Waals surface area contributed by atoms with Crippen LogP contribution in [0.3, 0.4) is 0 Å². The average Bonchev–Trinajstić information content (AvgIpc) is 3.26. The highest BCUT2D eigenvalue weighted by Gasteiger charge is 2.29. The predicted molar refractivity (Wildman–Crippen MR) is 139 cm³/mol. The summed E-state index contributed by atoms with van der Waals surface area (Å²) >= 11 is 6.11. The normalized spacial score (nSPS) is 19.3. The van der Waals surface area contributed by atoms with Gasteiger partial charge in [-0.1, -0.05) is 23.8 Å². The molecule has 0 radical (unpaired) electrons. The van der Waals surface area contributed by atoms with Gasteiger partial charge in [-0.05, 0) is 67.7 Å². The van der Waals surface area contributed by atoms with Crippen molar-refractivity contribution >= 4 is 29.8 Å². The Labute approximate surface area is 208 Å². The first-order chi connectivity index (χ1) is 16.5. The van der Waals surface area contributed by atoms with Crippen LogP contribution in [0, 0.1) is 0 Å². The molecule has 2 fully saturated rings. The number of hydrogen-bond acceptors (Lipinski definition) is 3. The van der Waals surface area contributed by atoms with Crippen molar-refractivity contribution in [2.75, 3.05) is 59.5 Å². The van der Waals surface area contributed by atoms with Gasteiger partial charge in [-0.25, -0.2) is 4.79 Å². The molecular formula is C27H37ClN4O2. The summed E-state index contributed by atoms with van der Waals surface area (Å²) in [7, 11) is 1.73. The first-order valence-electron chi connectivity index (χ1n) is 12.4. The molecule has 3 heterocycles. The van der Waals surface area contributed by atoms with Crippen molar-refractivity contribution in [1.82, 2.24) is 19.3 Å². The van der Waals surface area contributed by atoms with E-state index >= 15 is 0 Å². The van der Waals surface area contributed by atoms with Crippen LogP contribution in [0.15, 0.2) is 30.5 Å². The number of nitrogens with zero attached hydrogens (tertiary/aromatic N) is 4. The highest BCUT2D eigenvalue weighted by Crippen LogP contribution is 2.27. The van der Waals surface area contributed by atoms with E-state index in [1.807, 2.05) is 17.0 Å². The molecule has 2 saturated heterocycles. The molecule has 0 N–H and O–H groups in total. The van der Waals surface area contributed by atoms with E-state index in [1.165, 1.54) is 16.1 Å². The zero-order chi connectivity index (χ0) is 24.1. The fraction of sp³-hybridized carbons (Fsp3) is 0.519. The lowest BCUT2D eigenvalue weighted by atomic mass is 9.90. The van der Waals surface area contributed by atoms with E-state index in [0.717, 1.165) is 76.0 Å². The number of benzene rings is 1. The summed E-state index contributed by atoms with van der Waals surface area (Å²) < 4.78 is 7.45. The topological polar surface area (TPSA) is 41.0 Å². The molecule has 1 aromatic carbocycles. The average molecular weight is 485 g/mol. The minimum absolute atomic E-state index is 0.202. The predicted octanol–water partition coefficient (Wildman–Crippen LogP) is 3.29. The summed E-state index contributed by atoms with van der Waals surface area (Å²) in [5.74, 6) is 0.452. The number of urea groups is 1. The van der Waals surface area contributed by atoms with Crippen molar-refractivity contribution in [1.29, 1.82) is 0 Å². The van der Waals surface area contributed by atoms with Gasteiger partial charge in [0.2, 0.25) is 0 Å². The van der Waals surface area contributed by atoms with Crippen LogP contribution >= 0.6 is 11.6 Å². The molecule has 184 valence electrons. The Bertz CT molecular complexity index is 1080. The van der Waals surface area contributed by atoms with E-state index in [9.17, 15) is 4.79 Å². The van der Waals surface area contributed by atoms with E-state index in [1.54, 1.807) is 7.11 Å². The lowest BCUT2D eigenvalue weighted by molar-refractivity contribution is 0.0884. The van der Waals surface area contributed by atoms with E-state index in [4.69, 9.17) is 16.3 Å². The van der Waals surface area contributed by atoms with Gasteiger partial charge in [-0.15, -0.1) is 0 Å². The van der Waals surface area contributed by atoms with Gasteiger partial charge in [0.15, 0.2) is 0 Å². The third kappa shape index (κ3) is 5.35. The smallest absolute Gasteiger partial charge is 0.320 e. The number of piperidine rings is 1. The van der Waals surface area contributed by atoms with Gasteiger partial charge in [-0.3, -0.25) is 4.90 Å². The molecule has 2 amide bonds. The maximum absolute atomic E-state index is 13.1. The van der Waals surface area contributed by atoms with Crippen molar-refractivity contribution in [3.63, 3.8) is 0 Å². The summed E-state index contributed by atoms with van der Waals surface area (Å²) in [4.78, 5) is 19.6. The second-order valence-corrected chi connectivity index (χ2v) is 9.61. The molecular weight excluding hydrogens is 448 g/mol. The summed E-state index contributed by atoms with van der Waals surface area (Å²) in [6.07, 6.45) is 8.67. The number of halogens is 1. The number of ether oxygens (including phenoxy) is 1. The number of methoxy groups -OCH3 is 1. The van der Waals surface area contributed by atoms with Crippen LogP contribution in [0.2, 0.25) is 5.02 Å². The number of hydrogen-bond donors (Lipinski definition) is 0. The summed E-state index contributed by atoms with van der Waals surface area (Å²) in [5, 5.41) is 3.26. The molecule has 2 aliphatic heterocycles. The standard InChI is InChI=1S/C27H37ClN4O2/c1-4-24-25(20-32(26(24)5-2)23-8-6-22(28)7-9-23)21-10-12-30(13-11-21)27(33)31-16-14-29(15-17-31)18-19-34-3/h4-9,20-21H,10-19H2,1-3H3/b24-4-,26-5+. The van der Waals surface area contributed by atoms with Gasteiger partial charge in [0.05, 0.1) is 6.61 Å². The van der Waals surface area contributed by atoms with Gasteiger partial charge in [0, 0.05) is 75.2 Å². The van der Waals surface area contributed by atoms with Crippen molar-refractivity contribution in [2.45, 2.75) is 32.6 Å². The second kappa shape index (κ2) is 11.4. The lowest BCUT2D eigenvalue weighted by Gasteiger charge is -2.39. The summed E-state index contributed by atoms with van der Waals surface area (Å²) in [6.45, 7) is 11.0. The van der Waals surface area contributed by atoms with Crippen LogP contribution in [-0.2, 0) is 4.74 Å². The first kappa shape index (κ1) is 24.8. The zero-order valence-corrected chi connectivity index (χ0v) is 21.4. The van der Waals surface area contributed by atoms with E-state index in [2.05, 4.69) is 58.7 Å². The van der Waals surface area contributed by atoms with Crippen molar-refractivity contribution in [2.24, 2.45) is 0 Å². The number of likely N-dealkylation sites (tertiary alicyclic amines) is 1. The Kier molecular flexibility index (Phi) is 8.35. The zero-order valence-electron chi connectivity index (χ0n) is 20.7. The van der Waals surface area contributed by atoms with E-state index in [-0.39, 0.29) is 6.03 Å². The van der Waals surface area contributed by atoms with Crippen LogP contribution < -0.4 is 10.6 Å². The van der Waals surface area contributed by atoms with Gasteiger partial charge in [0.25, 0.3) is 0 Å². The minimum Gasteiger partial charge on any atom is -0.383 e. The van der Waals surface area contributed by atoms with Crippen LogP contribution in [0.1, 0.15) is 38.2 Å². The van der Waals surface area contributed by atoms with Crippen molar-refractivity contribution in [3.05, 3.63) is 51.6 Å². The molecule has 0 atom stereocenters. The Hall–Kier alpha value is -2.28. The van der Waals surface area contributed by atoms with Gasteiger partial charge in [0.1, 0.15) is 0 Å². The largest absolute Gasteiger partial charge is 0.383 e. The molecule has 0 aliphatic carbocycles. The third-order valence-electron chi connectivity index (χ3n) is 7.24. The van der Waals surface area contributed by atoms with Gasteiger partial charge in [-0.2, -0.15) is 0 Å². The maximum Gasteiger partial charge on any atom is 0.320 e. The number of aromatic nitrogens is 1. The Morgan fingerprint density at radius 1 is 1.00 bits per heavy atom. The molecule has 0 unspecified atom stereocenters. The van der Waals surface area contributed by atoms with Crippen LogP contribution in [0.25, 0.3) is 17.8 Å². The highest BCUT2D eigenvalue weighted by molar-refractivity contribution is 6.30. The summed E-state index contributed by atoms with van der Waals surface area (Å²) in [6, 6.07) is 8.21. The monoisotopic (exact) mass is 484 g/mol. The molecule has 6 nitrogen and oxygen atoms in total. The number of rotatable bonds is 5. The fourth-order valence-electron chi connectivity index (χ4n) is 5.27. The second-order valence-electron chi connectivity index (χ2n) is 9.17. The van der Waals surface area contributed by atoms with Gasteiger partial charge < -0.3 is 19.1 Å². The number of amides is 2. The molecule has 0 saturated carbocycles. The van der Waals surface area contributed by atoms with E-state index in [0.29, 0.717) is 5.92 Å². The quantitative estimate of drug-likeness (QED) is 0.654. The Morgan fingerprint density at radius 2 is 1.65 bits per heavy atom. The maximum atomic E-state index is 13.1. The molecule has 34 heavy (non-hydrogen) atoms. The van der Waals surface area contributed by atoms with Crippen molar-refractivity contribution in [3.8, 4) is 5.69 Å². The Balaban J connectivity index is 1.42. The molecule has 2 aliphatic rings. The molecule has 4 rings (SSSR count). The molecule has 2 aromatic rings. The molecule has 0 spiro atoms. The summed E-state index contributed by atoms with van der Waals surface area (Å²) in [5.41, 5.74) is 2.49. The van der Waals surface area contributed by atoms with Crippen molar-refractivity contribution < 1.29 is 9.53 Å². The first-order valence-corrected chi connectivity index (χ1v) is 12.8. The minimum atomic E-state index is 0.202. The molecule has 0 bridgehead atoms. The van der Waals surface area contributed by atoms with E-state index < -0.39 is 0 Å². The highest BCUT2D eigenvalue weighted by atomic mass is 35.5. The fourth-order valence-corrected chi connectivity index (χ4v) is 5.40. The lowest BCUT2D eigenvalue weighted by Crippen LogP contribution is -2.54. The third-order valence-corrected chi connectivity index (χ3v) is 7.49. The SMILES string of the molecule is C/C=c1/c(C2CCN(C(=O)N3CCN(CCOC)CC3)CC2)cn(-c2ccc(Cl)cc2)/c1=C/C.